The molecule has 2 atom stereocenters. The van der Waals surface area contributed by atoms with Gasteiger partial charge in [-0.25, -0.2) is 0 Å². The van der Waals surface area contributed by atoms with Crippen LogP contribution in [-0.2, 0) is 35.6 Å². The van der Waals surface area contributed by atoms with Gasteiger partial charge >= 0.3 is 5.97 Å². The lowest BCUT2D eigenvalue weighted by molar-refractivity contribution is -0.140. The maximum Gasteiger partial charge on any atom is 0.305 e. The molecule has 5 aromatic rings. The van der Waals surface area contributed by atoms with Gasteiger partial charge in [0, 0.05) is 49.1 Å². The number of carbonyl (C=O) groups is 3. The lowest BCUT2D eigenvalue weighted by Gasteiger charge is -2.22. The third-order valence-electron chi connectivity index (χ3n) is 11.6. The van der Waals surface area contributed by atoms with Crippen LogP contribution in [0.2, 0.25) is 0 Å². The summed E-state index contributed by atoms with van der Waals surface area (Å²) in [6.45, 7) is 1.26. The van der Waals surface area contributed by atoms with Crippen LogP contribution in [0.5, 0.6) is 28.7 Å². The third kappa shape index (κ3) is 7.79. The molecule has 2 amide bonds. The summed E-state index contributed by atoms with van der Waals surface area (Å²) >= 11 is 0. The van der Waals surface area contributed by atoms with Crippen LogP contribution in [0.4, 0.5) is 22.7 Å². The molecule has 9 rings (SSSR count). The van der Waals surface area contributed by atoms with Gasteiger partial charge in [-0.15, -0.1) is 0 Å². The largest absolute Gasteiger partial charge is 0.494 e. The number of carbonyl (C=O) groups excluding carboxylic acids is 3. The van der Waals surface area contributed by atoms with Crippen molar-refractivity contribution in [3.63, 3.8) is 0 Å². The topological polar surface area (TPSA) is 137 Å². The fourth-order valence-electron chi connectivity index (χ4n) is 8.57. The molecule has 5 aromatic carbocycles. The van der Waals surface area contributed by atoms with E-state index in [2.05, 4.69) is 11.4 Å². The Morgan fingerprint density at radius 1 is 0.705 bits per heavy atom. The summed E-state index contributed by atoms with van der Waals surface area (Å²) < 4.78 is 35.3. The van der Waals surface area contributed by atoms with E-state index in [4.69, 9.17) is 33.4 Å². The Morgan fingerprint density at radius 3 is 2.05 bits per heavy atom. The number of benzene rings is 5. The minimum atomic E-state index is -0.258. The lowest BCUT2D eigenvalue weighted by atomic mass is 10.1. The van der Waals surface area contributed by atoms with Crippen molar-refractivity contribution in [2.24, 2.45) is 4.99 Å². The normalized spacial score (nSPS) is 16.8. The number of nitrogens with one attached hydrogen (secondary N) is 1. The Bertz CT molecular complexity index is 2560. The molecule has 0 spiro atoms. The Balaban J connectivity index is 0.948. The van der Waals surface area contributed by atoms with Crippen molar-refractivity contribution in [1.29, 1.82) is 0 Å². The van der Waals surface area contributed by atoms with E-state index in [1.165, 1.54) is 7.11 Å². The van der Waals surface area contributed by atoms with E-state index in [1.807, 2.05) is 77.8 Å². The Hall–Kier alpha value is -7.02. The number of unbranched alkanes of at least 4 members (excludes halogenated alkanes) is 1. The maximum absolute atomic E-state index is 14.0. The molecule has 4 aliphatic heterocycles. The van der Waals surface area contributed by atoms with E-state index in [9.17, 15) is 14.4 Å². The van der Waals surface area contributed by atoms with E-state index in [0.717, 1.165) is 40.0 Å². The van der Waals surface area contributed by atoms with E-state index in [-0.39, 0.29) is 43.1 Å². The average molecular weight is 823 g/mol. The Morgan fingerprint density at radius 2 is 1.34 bits per heavy atom. The highest BCUT2D eigenvalue weighted by atomic mass is 16.5. The van der Waals surface area contributed by atoms with Crippen LogP contribution >= 0.6 is 0 Å². The summed E-state index contributed by atoms with van der Waals surface area (Å²) in [5.41, 5.74) is 7.81. The second-order valence-corrected chi connectivity index (χ2v) is 15.4. The van der Waals surface area contributed by atoms with Crippen molar-refractivity contribution in [3.8, 4) is 28.7 Å². The van der Waals surface area contributed by atoms with Crippen LogP contribution < -0.4 is 38.8 Å². The van der Waals surface area contributed by atoms with Crippen molar-refractivity contribution in [3.05, 3.63) is 124 Å². The molecule has 0 bridgehead atoms. The number of methoxy groups -OCH3 is 3. The molecule has 312 valence electrons. The van der Waals surface area contributed by atoms with Gasteiger partial charge in [-0.3, -0.25) is 24.3 Å². The first-order chi connectivity index (χ1) is 29.8. The number of rotatable bonds is 14. The Labute approximate surface area is 353 Å². The minimum Gasteiger partial charge on any atom is -0.494 e. The average Bonchev–Trinajstić information content (AvgIpc) is 3.78. The third-order valence-corrected chi connectivity index (χ3v) is 11.6. The summed E-state index contributed by atoms with van der Waals surface area (Å²) in [6, 6.07) is 28.5. The van der Waals surface area contributed by atoms with Crippen molar-refractivity contribution < 1.29 is 42.8 Å². The monoisotopic (exact) mass is 822 g/mol. The van der Waals surface area contributed by atoms with Crippen molar-refractivity contribution in [2.75, 3.05) is 49.6 Å². The highest BCUT2D eigenvalue weighted by Gasteiger charge is 2.38. The Kier molecular flexibility index (Phi) is 10.9. The van der Waals surface area contributed by atoms with Crippen LogP contribution in [0.3, 0.4) is 0 Å². The van der Waals surface area contributed by atoms with Crippen molar-refractivity contribution in [1.82, 2.24) is 0 Å². The van der Waals surface area contributed by atoms with Crippen LogP contribution in [-0.4, -0.2) is 70.6 Å². The number of amides is 2. The molecule has 13 nitrogen and oxygen atoms in total. The summed E-state index contributed by atoms with van der Waals surface area (Å²) in [6.07, 6.45) is 4.89. The van der Waals surface area contributed by atoms with Crippen LogP contribution in [0, 0.1) is 0 Å². The first-order valence-corrected chi connectivity index (χ1v) is 20.4. The first kappa shape index (κ1) is 39.4. The van der Waals surface area contributed by atoms with Gasteiger partial charge in [0.05, 0.1) is 62.5 Å². The molecule has 4 heterocycles. The molecule has 0 aromatic heterocycles. The number of nitrogens with zero attached hydrogens (tertiary/aromatic N) is 3. The van der Waals surface area contributed by atoms with Crippen LogP contribution in [0.15, 0.2) is 96.0 Å². The van der Waals surface area contributed by atoms with E-state index in [0.29, 0.717) is 90.1 Å². The van der Waals surface area contributed by atoms with Crippen LogP contribution in [0.25, 0.3) is 0 Å². The number of anilines is 3. The zero-order chi connectivity index (χ0) is 42.0. The van der Waals surface area contributed by atoms with Gasteiger partial charge in [0.25, 0.3) is 11.8 Å². The van der Waals surface area contributed by atoms with Gasteiger partial charge in [-0.2, -0.15) is 0 Å². The number of aliphatic imine (C=N–C) groups is 1. The molecule has 0 saturated carbocycles. The molecule has 4 aliphatic rings. The zero-order valence-corrected chi connectivity index (χ0v) is 34.3. The van der Waals surface area contributed by atoms with Gasteiger partial charge in [0.2, 0.25) is 0 Å². The number of fused-ring (bicyclic) bond motifs is 8. The van der Waals surface area contributed by atoms with Crippen LogP contribution in [0.1, 0.15) is 62.2 Å². The number of hydrogen-bond acceptors (Lipinski definition) is 11. The highest BCUT2D eigenvalue weighted by Crippen LogP contribution is 2.43. The maximum atomic E-state index is 14.0. The van der Waals surface area contributed by atoms with Gasteiger partial charge in [0.15, 0.2) is 23.0 Å². The predicted octanol–water partition coefficient (Wildman–Crippen LogP) is 7.87. The number of esters is 1. The molecule has 0 radical (unpaired) electrons. The number of ether oxygens (including phenoxy) is 6. The fraction of sp³-hybridized carbons (Fsp3) is 0.292. The molecule has 0 saturated heterocycles. The van der Waals surface area contributed by atoms with Crippen molar-refractivity contribution >= 4 is 46.7 Å². The van der Waals surface area contributed by atoms with E-state index in [1.54, 1.807) is 37.3 Å². The molecule has 13 heteroatoms. The van der Waals surface area contributed by atoms with Gasteiger partial charge < -0.3 is 38.6 Å². The fourth-order valence-corrected chi connectivity index (χ4v) is 8.57. The molecule has 1 N–H and O–H groups in total. The molecule has 61 heavy (non-hydrogen) atoms. The SMILES string of the molecule is COC(=O)CCCCOc1cc(COc2cc3c(cc2OC)C(=O)N2c4ccccc4CC2C=N3)cc(COc2cc3c(cc2OC)C(=O)N2c4ccccc4C[C@H]2CN3)c1. The summed E-state index contributed by atoms with van der Waals surface area (Å²) in [5, 5.41) is 3.49. The smallest absolute Gasteiger partial charge is 0.305 e. The molecular weight excluding hydrogens is 777 g/mol. The van der Waals surface area contributed by atoms with E-state index < -0.39 is 0 Å². The second kappa shape index (κ2) is 16.9. The lowest BCUT2D eigenvalue weighted by Crippen LogP contribution is -2.39. The predicted molar refractivity (Wildman–Crippen MR) is 231 cm³/mol. The summed E-state index contributed by atoms with van der Waals surface area (Å²) in [7, 11) is 4.48. The summed E-state index contributed by atoms with van der Waals surface area (Å²) in [5.74, 6) is 1.86. The van der Waals surface area contributed by atoms with Crippen molar-refractivity contribution in [2.45, 2.75) is 57.4 Å². The molecule has 0 fully saturated rings. The standard InChI is InChI=1S/C48H46N4O9/c1-56-42-21-36-38(49-25-33-19-31-10-4-6-12-40(31)51(33)47(36)54)23-44(42)60-27-29-16-30(18-35(17-29)59-15-9-8-14-46(53)58-3)28-61-45-24-39-37(22-43(45)57-2)48(55)52-34(26-50-39)20-32-11-5-7-13-41(32)52/h4-7,10-13,16-18,21-25,33-34,50H,8-9,14-15,19-20,26-28H2,1-3H3/t33?,34-/m0/s1. The highest BCUT2D eigenvalue weighted by molar-refractivity contribution is 6.15. The van der Waals surface area contributed by atoms with Gasteiger partial charge in [0.1, 0.15) is 19.0 Å². The number of para-hydroxylation sites is 2. The van der Waals surface area contributed by atoms with Gasteiger partial charge in [-0.1, -0.05) is 36.4 Å². The zero-order valence-electron chi connectivity index (χ0n) is 34.3. The molecule has 0 aliphatic carbocycles. The minimum absolute atomic E-state index is 0.00614. The quantitative estimate of drug-likeness (QED) is 0.0871. The van der Waals surface area contributed by atoms with Gasteiger partial charge in [-0.05, 0) is 84.0 Å². The molecular formula is C48H46N4O9. The first-order valence-electron chi connectivity index (χ1n) is 20.4. The summed E-state index contributed by atoms with van der Waals surface area (Å²) in [4.78, 5) is 48.0. The van der Waals surface area contributed by atoms with E-state index >= 15 is 0 Å². The second-order valence-electron chi connectivity index (χ2n) is 15.4. The number of hydrogen-bond donors (Lipinski definition) is 1. The molecule has 1 unspecified atom stereocenters.